The first-order chi connectivity index (χ1) is 10.4. The van der Waals surface area contributed by atoms with Crippen LogP contribution < -0.4 is 5.32 Å². The number of hydrogen-bond donors (Lipinski definition) is 1. The molecule has 1 aliphatic rings. The van der Waals surface area contributed by atoms with Crippen LogP contribution in [0.15, 0.2) is 28.7 Å². The first-order valence-electron chi connectivity index (χ1n) is 7.95. The number of nitrogens with one attached hydrogen (secondary N) is 1. The van der Waals surface area contributed by atoms with Crippen LogP contribution in [-0.4, -0.2) is 10.5 Å². The van der Waals surface area contributed by atoms with Crippen molar-refractivity contribution in [3.63, 3.8) is 0 Å². The molecule has 0 radical (unpaired) electrons. The van der Waals surface area contributed by atoms with E-state index in [1.54, 1.807) is 0 Å². The molecule has 1 aromatic carbocycles. The van der Waals surface area contributed by atoms with E-state index < -0.39 is 0 Å². The molecule has 0 bridgehead atoms. The van der Waals surface area contributed by atoms with Crippen molar-refractivity contribution in [1.82, 2.24) is 4.57 Å². The highest BCUT2D eigenvalue weighted by molar-refractivity contribution is 9.10. The fourth-order valence-corrected chi connectivity index (χ4v) is 3.65. The van der Waals surface area contributed by atoms with Crippen molar-refractivity contribution in [1.29, 1.82) is 0 Å². The second-order valence-electron chi connectivity index (χ2n) is 7.42. The Kier molecular flexibility index (Phi) is 4.06. The lowest BCUT2D eigenvalue weighted by Gasteiger charge is -2.30. The van der Waals surface area contributed by atoms with Crippen molar-refractivity contribution in [3.8, 4) is 0 Å². The molecule has 1 saturated carbocycles. The monoisotopic (exact) mass is 362 g/mol. The zero-order valence-electron chi connectivity index (χ0n) is 13.4. The number of fused-ring (bicyclic) bond motifs is 1. The summed E-state index contributed by atoms with van der Waals surface area (Å²) >= 11 is 3.70. The topological polar surface area (TPSA) is 34.0 Å². The number of para-hydroxylation sites is 1. The minimum atomic E-state index is -0.0100. The Morgan fingerprint density at radius 3 is 2.59 bits per heavy atom. The number of aromatic nitrogens is 1. The van der Waals surface area contributed by atoms with Crippen LogP contribution in [0.1, 0.15) is 52.5 Å². The largest absolute Gasteiger partial charge is 0.323 e. The molecule has 1 aliphatic carbocycles. The first-order valence-corrected chi connectivity index (χ1v) is 8.74. The Morgan fingerprint density at radius 2 is 2.00 bits per heavy atom. The van der Waals surface area contributed by atoms with Gasteiger partial charge in [-0.05, 0) is 46.7 Å². The van der Waals surface area contributed by atoms with Crippen LogP contribution in [0.4, 0.5) is 5.82 Å². The number of carbonyl (C=O) groups is 1. The maximum atomic E-state index is 12.4. The molecular weight excluding hydrogens is 340 g/mol. The van der Waals surface area contributed by atoms with Crippen LogP contribution >= 0.6 is 15.9 Å². The standard InChI is InChI=1S/C18H23BrN2O/c1-18(2,3)11-15(22)20-17-16(19)13-9-4-5-10-14(13)21(17)12-7-6-8-12/h4-5,9-10,12H,6-8,11H2,1-3H3,(H,20,22). The summed E-state index contributed by atoms with van der Waals surface area (Å²) in [5.74, 6) is 0.997. The molecular formula is C18H23BrN2O. The Balaban J connectivity index is 2.00. The molecule has 1 fully saturated rings. The lowest BCUT2D eigenvalue weighted by molar-refractivity contribution is -0.117. The number of hydrogen-bond acceptors (Lipinski definition) is 1. The summed E-state index contributed by atoms with van der Waals surface area (Å²) in [6.07, 6.45) is 4.16. The van der Waals surface area contributed by atoms with Crippen LogP contribution in [0.5, 0.6) is 0 Å². The van der Waals surface area contributed by atoms with Gasteiger partial charge in [-0.15, -0.1) is 0 Å². The number of anilines is 1. The zero-order chi connectivity index (χ0) is 15.9. The normalized spacial score (nSPS) is 15.8. The van der Waals surface area contributed by atoms with E-state index in [2.05, 4.69) is 64.8 Å². The van der Waals surface area contributed by atoms with E-state index >= 15 is 0 Å². The van der Waals surface area contributed by atoms with Gasteiger partial charge in [0.1, 0.15) is 5.82 Å². The Hall–Kier alpha value is -1.29. The molecule has 0 unspecified atom stereocenters. The van der Waals surface area contributed by atoms with Crippen LogP contribution in [0.2, 0.25) is 0 Å². The fraction of sp³-hybridized carbons (Fsp3) is 0.500. The highest BCUT2D eigenvalue weighted by Gasteiger charge is 2.27. The van der Waals surface area contributed by atoms with Gasteiger partial charge in [-0.2, -0.15) is 0 Å². The van der Waals surface area contributed by atoms with Crippen molar-refractivity contribution < 1.29 is 4.79 Å². The third kappa shape index (κ3) is 2.94. The molecule has 0 spiro atoms. The third-order valence-electron chi connectivity index (χ3n) is 4.24. The van der Waals surface area contributed by atoms with Gasteiger partial charge in [0.25, 0.3) is 0 Å². The number of rotatable bonds is 3. The van der Waals surface area contributed by atoms with Gasteiger partial charge < -0.3 is 9.88 Å². The van der Waals surface area contributed by atoms with Gasteiger partial charge in [0.2, 0.25) is 5.91 Å². The van der Waals surface area contributed by atoms with E-state index in [-0.39, 0.29) is 11.3 Å². The number of benzene rings is 1. The van der Waals surface area contributed by atoms with Gasteiger partial charge in [0.05, 0.1) is 9.99 Å². The molecule has 0 atom stereocenters. The zero-order valence-corrected chi connectivity index (χ0v) is 15.0. The van der Waals surface area contributed by atoms with Crippen molar-refractivity contribution >= 4 is 38.6 Å². The first kappa shape index (κ1) is 15.6. The molecule has 1 amide bonds. The Labute approximate surface area is 140 Å². The van der Waals surface area contributed by atoms with Crippen LogP contribution in [0.25, 0.3) is 10.9 Å². The van der Waals surface area contributed by atoms with E-state index in [4.69, 9.17) is 0 Å². The average Bonchev–Trinajstić information content (AvgIpc) is 2.61. The van der Waals surface area contributed by atoms with E-state index in [1.807, 2.05) is 6.07 Å². The minimum absolute atomic E-state index is 0.0100. The van der Waals surface area contributed by atoms with E-state index in [9.17, 15) is 4.79 Å². The Bertz CT molecular complexity index is 708. The smallest absolute Gasteiger partial charge is 0.226 e. The molecule has 22 heavy (non-hydrogen) atoms. The predicted molar refractivity (Wildman–Crippen MR) is 95.2 cm³/mol. The number of nitrogens with zero attached hydrogens (tertiary/aromatic N) is 1. The summed E-state index contributed by atoms with van der Waals surface area (Å²) in [4.78, 5) is 12.4. The quantitative estimate of drug-likeness (QED) is 0.767. The fourth-order valence-electron chi connectivity index (χ4n) is 3.02. The molecule has 1 N–H and O–H groups in total. The van der Waals surface area contributed by atoms with Crippen molar-refractivity contribution in [2.24, 2.45) is 5.41 Å². The molecule has 3 nitrogen and oxygen atoms in total. The summed E-state index contributed by atoms with van der Waals surface area (Å²) in [5, 5.41) is 4.32. The van der Waals surface area contributed by atoms with Gasteiger partial charge in [-0.1, -0.05) is 39.0 Å². The van der Waals surface area contributed by atoms with Crippen molar-refractivity contribution in [2.75, 3.05) is 5.32 Å². The second-order valence-corrected chi connectivity index (χ2v) is 8.21. The predicted octanol–water partition coefficient (Wildman–Crippen LogP) is 5.50. The molecule has 4 heteroatoms. The van der Waals surface area contributed by atoms with Gasteiger partial charge in [0.15, 0.2) is 0 Å². The maximum Gasteiger partial charge on any atom is 0.226 e. The summed E-state index contributed by atoms with van der Waals surface area (Å²) in [6, 6.07) is 8.84. The van der Waals surface area contributed by atoms with Gasteiger partial charge in [-0.25, -0.2) is 0 Å². The summed E-state index contributed by atoms with van der Waals surface area (Å²) in [6.45, 7) is 6.26. The summed E-state index contributed by atoms with van der Waals surface area (Å²) in [5.41, 5.74) is 1.19. The molecule has 0 saturated heterocycles. The van der Waals surface area contributed by atoms with Gasteiger partial charge in [0, 0.05) is 17.8 Å². The number of amides is 1. The van der Waals surface area contributed by atoms with Crippen LogP contribution in [0.3, 0.4) is 0 Å². The highest BCUT2D eigenvalue weighted by Crippen LogP contribution is 2.43. The SMILES string of the molecule is CC(C)(C)CC(=O)Nc1c(Br)c2ccccc2n1C1CCC1. The Morgan fingerprint density at radius 1 is 1.32 bits per heavy atom. The molecule has 118 valence electrons. The van der Waals surface area contributed by atoms with Gasteiger partial charge in [-0.3, -0.25) is 4.79 Å². The molecule has 1 heterocycles. The lowest BCUT2D eigenvalue weighted by atomic mass is 9.92. The van der Waals surface area contributed by atoms with Gasteiger partial charge >= 0.3 is 0 Å². The third-order valence-corrected chi connectivity index (χ3v) is 5.04. The van der Waals surface area contributed by atoms with Crippen molar-refractivity contribution in [3.05, 3.63) is 28.7 Å². The van der Waals surface area contributed by atoms with E-state index in [0.717, 1.165) is 10.3 Å². The molecule has 2 aromatic rings. The molecule has 3 rings (SSSR count). The van der Waals surface area contributed by atoms with Crippen molar-refractivity contribution in [2.45, 2.75) is 52.5 Å². The number of carbonyl (C=O) groups excluding carboxylic acids is 1. The minimum Gasteiger partial charge on any atom is -0.323 e. The summed E-state index contributed by atoms with van der Waals surface area (Å²) < 4.78 is 3.31. The van der Waals surface area contributed by atoms with E-state index in [1.165, 1.54) is 30.2 Å². The van der Waals surface area contributed by atoms with Crippen LogP contribution in [0, 0.1) is 5.41 Å². The maximum absolute atomic E-state index is 12.4. The highest BCUT2D eigenvalue weighted by atomic mass is 79.9. The molecule has 1 aromatic heterocycles. The van der Waals surface area contributed by atoms with E-state index in [0.29, 0.717) is 12.5 Å². The summed E-state index contributed by atoms with van der Waals surface area (Å²) in [7, 11) is 0. The second kappa shape index (κ2) is 5.73. The average molecular weight is 363 g/mol. The van der Waals surface area contributed by atoms with Crippen LogP contribution in [-0.2, 0) is 4.79 Å². The molecule has 0 aliphatic heterocycles. The lowest BCUT2D eigenvalue weighted by Crippen LogP contribution is -2.24. The number of halogens is 1.